The Hall–Kier alpha value is -1.88. The molecule has 1 aromatic rings. The van der Waals surface area contributed by atoms with Crippen molar-refractivity contribution in [2.24, 2.45) is 5.92 Å². The maximum Gasteiger partial charge on any atom is 0.228 e. The minimum Gasteiger partial charge on any atom is -0.368 e. The number of carbonyl (C=O) groups excluding carboxylic acids is 2. The third-order valence-electron chi connectivity index (χ3n) is 4.36. The molecule has 2 fully saturated rings. The summed E-state index contributed by atoms with van der Waals surface area (Å²) in [6.07, 6.45) is 0. The third-order valence-corrected chi connectivity index (χ3v) is 4.36. The molecule has 2 heterocycles. The molecular formula is C16H21N3O2. The maximum absolute atomic E-state index is 12.2. The van der Waals surface area contributed by atoms with Crippen LogP contribution in [-0.4, -0.2) is 55.9 Å². The fraction of sp³-hybridized carbons (Fsp3) is 0.500. The van der Waals surface area contributed by atoms with Gasteiger partial charge in [-0.2, -0.15) is 0 Å². The molecule has 0 radical (unpaired) electrons. The van der Waals surface area contributed by atoms with E-state index in [1.54, 1.807) is 6.92 Å². The number of nitrogens with zero attached hydrogens (tertiary/aromatic N) is 2. The van der Waals surface area contributed by atoms with E-state index < -0.39 is 0 Å². The van der Waals surface area contributed by atoms with Gasteiger partial charge in [-0.25, -0.2) is 0 Å². The van der Waals surface area contributed by atoms with E-state index in [2.05, 4.69) is 10.2 Å². The van der Waals surface area contributed by atoms with E-state index >= 15 is 0 Å². The number of nitrogens with one attached hydrogen (secondary N) is 1. The van der Waals surface area contributed by atoms with Gasteiger partial charge in [0.1, 0.15) is 0 Å². The van der Waals surface area contributed by atoms with Crippen molar-refractivity contribution >= 4 is 17.4 Å². The molecule has 0 atom stereocenters. The zero-order chi connectivity index (χ0) is 14.8. The van der Waals surface area contributed by atoms with Crippen molar-refractivity contribution in [1.82, 2.24) is 10.2 Å². The molecule has 0 bridgehead atoms. The first-order valence-electron chi connectivity index (χ1n) is 7.50. The lowest BCUT2D eigenvalue weighted by atomic mass is 10.0. The molecule has 0 spiro atoms. The van der Waals surface area contributed by atoms with Crippen molar-refractivity contribution < 1.29 is 9.59 Å². The number of rotatable bonds is 3. The lowest BCUT2D eigenvalue weighted by Gasteiger charge is -2.39. The zero-order valence-electron chi connectivity index (χ0n) is 12.3. The first kappa shape index (κ1) is 14.1. The predicted octanol–water partition coefficient (Wildman–Crippen LogP) is 0.757. The van der Waals surface area contributed by atoms with Crippen LogP contribution in [0.25, 0.3) is 0 Å². The summed E-state index contributed by atoms with van der Waals surface area (Å²) in [4.78, 5) is 27.7. The summed E-state index contributed by atoms with van der Waals surface area (Å²) in [7, 11) is 0. The minimum absolute atomic E-state index is 0.0890. The molecule has 0 unspecified atom stereocenters. The second-order valence-electron chi connectivity index (χ2n) is 5.77. The zero-order valence-corrected chi connectivity index (χ0v) is 12.3. The highest BCUT2D eigenvalue weighted by Gasteiger charge is 2.31. The molecule has 2 saturated heterocycles. The second kappa shape index (κ2) is 5.85. The van der Waals surface area contributed by atoms with Crippen LogP contribution in [0.1, 0.15) is 17.3 Å². The Morgan fingerprint density at radius 2 is 1.67 bits per heavy atom. The van der Waals surface area contributed by atoms with Gasteiger partial charge in [0.15, 0.2) is 5.78 Å². The summed E-state index contributed by atoms with van der Waals surface area (Å²) in [6.45, 7) is 6.50. The van der Waals surface area contributed by atoms with E-state index in [0.29, 0.717) is 5.91 Å². The quantitative estimate of drug-likeness (QED) is 0.834. The normalized spacial score (nSPS) is 19.3. The average Bonchev–Trinajstić information content (AvgIpc) is 2.46. The highest BCUT2D eigenvalue weighted by molar-refractivity contribution is 5.94. The van der Waals surface area contributed by atoms with Crippen molar-refractivity contribution in [3.63, 3.8) is 0 Å². The molecule has 5 heteroatoms. The fourth-order valence-electron chi connectivity index (χ4n) is 2.81. The number of hydrogen-bond acceptors (Lipinski definition) is 4. The average molecular weight is 287 g/mol. The fourth-order valence-corrected chi connectivity index (χ4v) is 2.81. The summed E-state index contributed by atoms with van der Waals surface area (Å²) in [6, 6.07) is 7.72. The van der Waals surface area contributed by atoms with Gasteiger partial charge in [0.2, 0.25) is 5.91 Å². The van der Waals surface area contributed by atoms with E-state index in [9.17, 15) is 9.59 Å². The monoisotopic (exact) mass is 287 g/mol. The Balaban J connectivity index is 1.57. The Kier molecular flexibility index (Phi) is 3.92. The van der Waals surface area contributed by atoms with Gasteiger partial charge in [-0.05, 0) is 31.2 Å². The van der Waals surface area contributed by atoms with E-state index in [1.807, 2.05) is 29.2 Å². The smallest absolute Gasteiger partial charge is 0.228 e. The number of Topliss-reactive ketones (excluding diaryl/α,β-unsaturated/α-hetero) is 1. The van der Waals surface area contributed by atoms with Crippen molar-refractivity contribution in [2.75, 3.05) is 44.2 Å². The molecule has 1 amide bonds. The summed E-state index contributed by atoms with van der Waals surface area (Å²) in [5.74, 6) is 0.567. The van der Waals surface area contributed by atoms with Crippen molar-refractivity contribution in [3.05, 3.63) is 29.8 Å². The molecule has 2 aliphatic heterocycles. The number of carbonyl (C=O) groups is 2. The van der Waals surface area contributed by atoms with Crippen LogP contribution in [0.2, 0.25) is 0 Å². The van der Waals surface area contributed by atoms with Gasteiger partial charge >= 0.3 is 0 Å². The summed E-state index contributed by atoms with van der Waals surface area (Å²) < 4.78 is 0. The van der Waals surface area contributed by atoms with Gasteiger partial charge in [0.25, 0.3) is 0 Å². The maximum atomic E-state index is 12.2. The van der Waals surface area contributed by atoms with Gasteiger partial charge in [-0.15, -0.1) is 0 Å². The van der Waals surface area contributed by atoms with Gasteiger partial charge in [0.05, 0.1) is 5.92 Å². The van der Waals surface area contributed by atoms with Crippen molar-refractivity contribution in [3.8, 4) is 0 Å². The third kappa shape index (κ3) is 2.93. The number of ketones is 1. The molecule has 1 aromatic carbocycles. The topological polar surface area (TPSA) is 52.7 Å². The first-order valence-corrected chi connectivity index (χ1v) is 7.50. The molecule has 3 rings (SSSR count). The standard InChI is InChI=1S/C16H21N3O2/c1-12(20)13-2-4-15(5-3-13)18-6-8-19(9-7-18)16(21)14-10-17-11-14/h2-5,14,17H,6-11H2,1H3. The van der Waals surface area contributed by atoms with E-state index in [1.165, 1.54) is 0 Å². The lowest BCUT2D eigenvalue weighted by Crippen LogP contribution is -2.56. The van der Waals surface area contributed by atoms with Crippen LogP contribution in [0, 0.1) is 5.92 Å². The van der Waals surface area contributed by atoms with E-state index in [0.717, 1.165) is 50.5 Å². The van der Waals surface area contributed by atoms with Gasteiger partial charge in [-0.1, -0.05) is 0 Å². The number of benzene rings is 1. The van der Waals surface area contributed by atoms with E-state index in [4.69, 9.17) is 0 Å². The molecule has 0 aliphatic carbocycles. The van der Waals surface area contributed by atoms with Gasteiger partial charge < -0.3 is 15.1 Å². The number of hydrogen-bond donors (Lipinski definition) is 1. The van der Waals surface area contributed by atoms with Gasteiger partial charge in [0, 0.05) is 50.5 Å². The largest absolute Gasteiger partial charge is 0.368 e. The number of amides is 1. The van der Waals surface area contributed by atoms with Crippen LogP contribution in [0.4, 0.5) is 5.69 Å². The highest BCUT2D eigenvalue weighted by Crippen LogP contribution is 2.19. The van der Waals surface area contributed by atoms with Crippen LogP contribution >= 0.6 is 0 Å². The molecule has 21 heavy (non-hydrogen) atoms. The highest BCUT2D eigenvalue weighted by atomic mass is 16.2. The Bertz CT molecular complexity index is 529. The molecular weight excluding hydrogens is 266 g/mol. The van der Waals surface area contributed by atoms with Crippen LogP contribution in [0.5, 0.6) is 0 Å². The summed E-state index contributed by atoms with van der Waals surface area (Å²) in [5, 5.41) is 3.14. The first-order chi connectivity index (χ1) is 10.1. The summed E-state index contributed by atoms with van der Waals surface area (Å²) in [5.41, 5.74) is 1.86. The molecule has 0 aromatic heterocycles. The molecule has 1 N–H and O–H groups in total. The van der Waals surface area contributed by atoms with Crippen LogP contribution in [0.3, 0.4) is 0 Å². The predicted molar refractivity (Wildman–Crippen MR) is 81.6 cm³/mol. The van der Waals surface area contributed by atoms with Crippen molar-refractivity contribution in [1.29, 1.82) is 0 Å². The van der Waals surface area contributed by atoms with Crippen LogP contribution in [0.15, 0.2) is 24.3 Å². The Morgan fingerprint density at radius 1 is 1.05 bits per heavy atom. The Morgan fingerprint density at radius 3 is 2.14 bits per heavy atom. The minimum atomic E-state index is 0.0890. The lowest BCUT2D eigenvalue weighted by molar-refractivity contribution is -0.137. The van der Waals surface area contributed by atoms with Crippen LogP contribution < -0.4 is 10.2 Å². The molecule has 0 saturated carbocycles. The van der Waals surface area contributed by atoms with E-state index in [-0.39, 0.29) is 11.7 Å². The van der Waals surface area contributed by atoms with Crippen LogP contribution in [-0.2, 0) is 4.79 Å². The summed E-state index contributed by atoms with van der Waals surface area (Å²) >= 11 is 0. The van der Waals surface area contributed by atoms with Gasteiger partial charge in [-0.3, -0.25) is 9.59 Å². The number of anilines is 1. The number of piperazine rings is 1. The second-order valence-corrected chi connectivity index (χ2v) is 5.77. The van der Waals surface area contributed by atoms with Crippen molar-refractivity contribution in [2.45, 2.75) is 6.92 Å². The molecule has 2 aliphatic rings. The molecule has 112 valence electrons. The molecule has 5 nitrogen and oxygen atoms in total. The SMILES string of the molecule is CC(=O)c1ccc(N2CCN(C(=O)C3CNC3)CC2)cc1. The Labute approximate surface area is 124 Å².